The van der Waals surface area contributed by atoms with Gasteiger partial charge in [-0.05, 0) is 79.4 Å². The van der Waals surface area contributed by atoms with Crippen molar-refractivity contribution >= 4 is 38.6 Å². The minimum Gasteiger partial charge on any atom is -0.456 e. The predicted molar refractivity (Wildman–Crippen MR) is 158 cm³/mol. The largest absolute Gasteiger partial charge is 0.456 e. The number of hydrogen-bond donors (Lipinski definition) is 2. The van der Waals surface area contributed by atoms with Gasteiger partial charge in [-0.2, -0.15) is 0 Å². The molecule has 1 aliphatic heterocycles. The van der Waals surface area contributed by atoms with E-state index in [2.05, 4.69) is 10.3 Å². The van der Waals surface area contributed by atoms with Crippen molar-refractivity contribution in [3.05, 3.63) is 83.4 Å². The van der Waals surface area contributed by atoms with Gasteiger partial charge in [0.05, 0.1) is 11.4 Å². The van der Waals surface area contributed by atoms with Crippen LogP contribution in [0.25, 0.3) is 22.3 Å². The van der Waals surface area contributed by atoms with Crippen LogP contribution in [0.2, 0.25) is 0 Å². The fraction of sp³-hybridized carbons (Fsp3) is 0.345. The Hall–Kier alpha value is -2.96. The second-order valence-electron chi connectivity index (χ2n) is 9.94. The molecule has 2 atom stereocenters. The van der Waals surface area contributed by atoms with Gasteiger partial charge in [-0.15, -0.1) is 0 Å². The number of piperidine rings is 1. The van der Waals surface area contributed by atoms with E-state index in [1.54, 1.807) is 60.0 Å². The molecule has 40 heavy (non-hydrogen) atoms. The van der Waals surface area contributed by atoms with Gasteiger partial charge in [0, 0.05) is 61.4 Å². The SMILES string of the molecule is CNC(O)c1c(-c2ccc(F)cc2)oc2cc(N(C)SC)c(C3CCCN(S(=O)(=O)Cc4ccncc4)C3)cc12. The molecule has 0 amide bonds. The number of nitrogens with zero attached hydrogens (tertiary/aromatic N) is 3. The highest BCUT2D eigenvalue weighted by molar-refractivity contribution is 7.99. The number of sulfonamides is 1. The van der Waals surface area contributed by atoms with Crippen LogP contribution in [0, 0.1) is 5.82 Å². The lowest BCUT2D eigenvalue weighted by Crippen LogP contribution is -2.40. The van der Waals surface area contributed by atoms with Crippen molar-refractivity contribution in [1.29, 1.82) is 0 Å². The quantitative estimate of drug-likeness (QED) is 0.203. The van der Waals surface area contributed by atoms with Gasteiger partial charge in [0.15, 0.2) is 0 Å². The van der Waals surface area contributed by atoms with Gasteiger partial charge in [0.25, 0.3) is 0 Å². The minimum absolute atomic E-state index is 0.0567. The molecule has 5 rings (SSSR count). The van der Waals surface area contributed by atoms with Crippen molar-refractivity contribution < 1.29 is 22.3 Å². The maximum Gasteiger partial charge on any atom is 0.218 e. The monoisotopic (exact) mass is 584 g/mol. The second kappa shape index (κ2) is 11.9. The number of aliphatic hydroxyl groups is 1. The molecule has 2 N–H and O–H groups in total. The number of anilines is 1. The molecule has 1 aliphatic rings. The van der Waals surface area contributed by atoms with Crippen molar-refractivity contribution in [2.75, 3.05) is 37.7 Å². The molecule has 2 unspecified atom stereocenters. The summed E-state index contributed by atoms with van der Waals surface area (Å²) in [6.45, 7) is 0.838. The Morgan fingerprint density at radius 3 is 2.62 bits per heavy atom. The molecule has 0 saturated carbocycles. The van der Waals surface area contributed by atoms with Crippen molar-refractivity contribution in [1.82, 2.24) is 14.6 Å². The number of furan rings is 1. The molecular weight excluding hydrogens is 551 g/mol. The lowest BCUT2D eigenvalue weighted by atomic mass is 9.89. The zero-order chi connectivity index (χ0) is 28.4. The maximum absolute atomic E-state index is 13.7. The molecule has 1 saturated heterocycles. The van der Waals surface area contributed by atoms with Crippen LogP contribution in [0.1, 0.15) is 41.7 Å². The highest BCUT2D eigenvalue weighted by atomic mass is 32.2. The molecule has 0 radical (unpaired) electrons. The van der Waals surface area contributed by atoms with Crippen molar-refractivity contribution in [2.45, 2.75) is 30.7 Å². The van der Waals surface area contributed by atoms with Gasteiger partial charge < -0.3 is 13.8 Å². The lowest BCUT2D eigenvalue weighted by Gasteiger charge is -2.34. The van der Waals surface area contributed by atoms with Crippen LogP contribution in [0.15, 0.2) is 65.3 Å². The Morgan fingerprint density at radius 2 is 1.95 bits per heavy atom. The van der Waals surface area contributed by atoms with Crippen LogP contribution in [-0.2, 0) is 15.8 Å². The fourth-order valence-corrected chi connectivity index (χ4v) is 7.29. The molecule has 4 aromatic rings. The van der Waals surface area contributed by atoms with E-state index in [4.69, 9.17) is 4.42 Å². The Bertz CT molecular complexity index is 1580. The van der Waals surface area contributed by atoms with Crippen LogP contribution in [-0.4, -0.2) is 56.3 Å². The van der Waals surface area contributed by atoms with E-state index in [-0.39, 0.29) is 17.5 Å². The van der Waals surface area contributed by atoms with Gasteiger partial charge >= 0.3 is 0 Å². The standard InChI is InChI=1S/C29H33FN4O4S2/c1-31-29(35)27-24-15-23(21-5-4-14-34(17-21)40(36,37)18-19-10-12-32-13-11-19)25(33(2)39-3)16-26(24)38-28(27)20-6-8-22(30)9-7-20/h6-13,15-16,21,29,31,35H,4-5,14,17-18H2,1-3H3. The van der Waals surface area contributed by atoms with E-state index in [1.165, 1.54) is 12.1 Å². The third kappa shape index (κ3) is 5.75. The van der Waals surface area contributed by atoms with E-state index in [1.807, 2.05) is 29.7 Å². The average molecular weight is 585 g/mol. The summed E-state index contributed by atoms with van der Waals surface area (Å²) in [7, 11) is 0.0839. The van der Waals surface area contributed by atoms with Gasteiger partial charge in [-0.1, -0.05) is 11.9 Å². The summed E-state index contributed by atoms with van der Waals surface area (Å²) in [5.74, 6) is -0.0294. The number of aromatic nitrogens is 1. The number of pyridine rings is 1. The molecule has 0 spiro atoms. The first-order valence-electron chi connectivity index (χ1n) is 13.1. The van der Waals surface area contributed by atoms with E-state index >= 15 is 0 Å². The number of aliphatic hydroxyl groups excluding tert-OH is 1. The highest BCUT2D eigenvalue weighted by Gasteiger charge is 2.33. The first-order valence-corrected chi connectivity index (χ1v) is 15.9. The number of nitrogens with one attached hydrogen (secondary N) is 1. The van der Waals surface area contributed by atoms with Crippen LogP contribution < -0.4 is 9.62 Å². The summed E-state index contributed by atoms with van der Waals surface area (Å²) in [5, 5.41) is 14.6. The highest BCUT2D eigenvalue weighted by Crippen LogP contribution is 2.44. The van der Waals surface area contributed by atoms with E-state index in [0.29, 0.717) is 41.1 Å². The fourth-order valence-electron chi connectivity index (χ4n) is 5.33. The second-order valence-corrected chi connectivity index (χ2v) is 12.8. The molecule has 3 heterocycles. The molecule has 0 aliphatic carbocycles. The number of hydrogen-bond acceptors (Lipinski definition) is 8. The summed E-state index contributed by atoms with van der Waals surface area (Å²) >= 11 is 1.54. The van der Waals surface area contributed by atoms with Crippen LogP contribution in [0.5, 0.6) is 0 Å². The van der Waals surface area contributed by atoms with Crippen LogP contribution in [0.4, 0.5) is 10.1 Å². The van der Waals surface area contributed by atoms with E-state index < -0.39 is 16.3 Å². The third-order valence-electron chi connectivity index (χ3n) is 7.46. The first kappa shape index (κ1) is 28.6. The van der Waals surface area contributed by atoms with E-state index in [9.17, 15) is 17.9 Å². The Morgan fingerprint density at radius 1 is 1.23 bits per heavy atom. The molecule has 1 fully saturated rings. The number of fused-ring (bicyclic) bond motifs is 1. The average Bonchev–Trinajstić information content (AvgIpc) is 3.35. The minimum atomic E-state index is -3.53. The summed E-state index contributed by atoms with van der Waals surface area (Å²) in [6, 6.07) is 13.4. The molecular formula is C29H33FN4O4S2. The Kier molecular flexibility index (Phi) is 8.48. The van der Waals surface area contributed by atoms with Gasteiger partial charge in [-0.3, -0.25) is 10.3 Å². The Balaban J connectivity index is 1.58. The van der Waals surface area contributed by atoms with Crippen LogP contribution >= 0.6 is 11.9 Å². The van der Waals surface area contributed by atoms with Gasteiger partial charge in [0.1, 0.15) is 23.4 Å². The van der Waals surface area contributed by atoms with Gasteiger partial charge in [-0.25, -0.2) is 17.1 Å². The van der Waals surface area contributed by atoms with Crippen molar-refractivity contribution in [3.8, 4) is 11.3 Å². The van der Waals surface area contributed by atoms with Crippen LogP contribution in [0.3, 0.4) is 0 Å². The summed E-state index contributed by atoms with van der Waals surface area (Å²) in [6.07, 6.45) is 5.72. The van der Waals surface area contributed by atoms with Crippen molar-refractivity contribution in [3.63, 3.8) is 0 Å². The van der Waals surface area contributed by atoms with Crippen molar-refractivity contribution in [2.24, 2.45) is 0 Å². The smallest absolute Gasteiger partial charge is 0.218 e. The molecule has 0 bridgehead atoms. The normalized spacial score (nSPS) is 17.3. The van der Waals surface area contributed by atoms with E-state index in [0.717, 1.165) is 29.5 Å². The first-order chi connectivity index (χ1) is 19.2. The Labute approximate surface area is 238 Å². The van der Waals surface area contributed by atoms with Gasteiger partial charge in [0.2, 0.25) is 10.0 Å². The number of benzene rings is 2. The molecule has 212 valence electrons. The topological polar surface area (TPSA) is 98.9 Å². The number of rotatable bonds is 9. The zero-order valence-corrected chi connectivity index (χ0v) is 24.3. The third-order valence-corrected chi connectivity index (χ3v) is 10.0. The summed E-state index contributed by atoms with van der Waals surface area (Å²) < 4.78 is 50.4. The summed E-state index contributed by atoms with van der Waals surface area (Å²) in [4.78, 5) is 3.99. The molecule has 2 aromatic carbocycles. The summed E-state index contributed by atoms with van der Waals surface area (Å²) in [5.41, 5.74) is 4.41. The zero-order valence-electron chi connectivity index (χ0n) is 22.7. The molecule has 11 heteroatoms. The predicted octanol–water partition coefficient (Wildman–Crippen LogP) is 5.27. The molecule has 2 aromatic heterocycles. The number of halogens is 1. The lowest BCUT2D eigenvalue weighted by molar-refractivity contribution is 0.150. The molecule has 8 nitrogen and oxygen atoms in total. The maximum atomic E-state index is 13.7.